The molecule has 0 bridgehead atoms. The van der Waals surface area contributed by atoms with Gasteiger partial charge in [0.1, 0.15) is 5.25 Å². The van der Waals surface area contributed by atoms with Crippen molar-refractivity contribution in [1.82, 2.24) is 20.3 Å². The number of aromatic nitrogens is 3. The molecule has 9 nitrogen and oxygen atoms in total. The third-order valence-electron chi connectivity index (χ3n) is 4.77. The average Bonchev–Trinajstić information content (AvgIpc) is 3.54. The Labute approximate surface area is 189 Å². The van der Waals surface area contributed by atoms with Gasteiger partial charge in [-0.05, 0) is 26.0 Å². The van der Waals surface area contributed by atoms with Crippen LogP contribution in [0.2, 0.25) is 0 Å². The maximum absolute atomic E-state index is 12.8. The van der Waals surface area contributed by atoms with Crippen LogP contribution >= 0.6 is 11.3 Å². The van der Waals surface area contributed by atoms with Gasteiger partial charge in [-0.25, -0.2) is 18.4 Å². The molecule has 2 heterocycles. The summed E-state index contributed by atoms with van der Waals surface area (Å²) in [6.45, 7) is 3.61. The second kappa shape index (κ2) is 8.32. The van der Waals surface area contributed by atoms with Crippen molar-refractivity contribution in [2.45, 2.75) is 24.6 Å². The van der Waals surface area contributed by atoms with Gasteiger partial charge in [0.05, 0.1) is 36.4 Å². The molecule has 11 heteroatoms. The summed E-state index contributed by atoms with van der Waals surface area (Å²) in [5.74, 6) is 0.125. The number of carbonyl (C=O) groups is 1. The number of methoxy groups -OCH3 is 1. The molecule has 0 fully saturated rings. The van der Waals surface area contributed by atoms with E-state index in [0.29, 0.717) is 22.8 Å². The smallest absolute Gasteiger partial charge is 0.252 e. The van der Waals surface area contributed by atoms with Gasteiger partial charge >= 0.3 is 0 Å². The van der Waals surface area contributed by atoms with Gasteiger partial charge in [-0.1, -0.05) is 24.3 Å². The predicted octanol–water partition coefficient (Wildman–Crippen LogP) is 2.95. The van der Waals surface area contributed by atoms with Crippen molar-refractivity contribution in [3.05, 3.63) is 65.4 Å². The van der Waals surface area contributed by atoms with E-state index in [1.165, 1.54) is 24.6 Å². The number of benzene rings is 1. The lowest BCUT2D eigenvalue weighted by atomic mass is 10.0. The van der Waals surface area contributed by atoms with Crippen LogP contribution in [-0.4, -0.2) is 41.6 Å². The molecule has 0 unspecified atom stereocenters. The summed E-state index contributed by atoms with van der Waals surface area (Å²) >= 11 is 1.17. The second-order valence-corrected chi connectivity index (χ2v) is 10.3. The molecule has 0 aliphatic heterocycles. The number of nitrogens with one attached hydrogen (secondary N) is 2. The molecule has 2 N–H and O–H groups in total. The lowest BCUT2D eigenvalue weighted by Gasteiger charge is -2.24. The number of anilines is 1. The molecule has 0 radical (unpaired) electrons. The first kappa shape index (κ1) is 21.9. The largest absolute Gasteiger partial charge is 0.480 e. The summed E-state index contributed by atoms with van der Waals surface area (Å²) in [5.41, 5.74) is 1.64. The van der Waals surface area contributed by atoms with Gasteiger partial charge in [0.2, 0.25) is 15.9 Å². The van der Waals surface area contributed by atoms with Crippen LogP contribution in [0.25, 0.3) is 11.3 Å². The van der Waals surface area contributed by atoms with Crippen molar-refractivity contribution in [3.63, 3.8) is 0 Å². The van der Waals surface area contributed by atoms with Gasteiger partial charge in [-0.15, -0.1) is 11.3 Å². The first-order valence-electron chi connectivity index (χ1n) is 9.63. The molecular weight excluding hydrogens is 450 g/mol. The van der Waals surface area contributed by atoms with E-state index in [9.17, 15) is 13.2 Å². The first-order chi connectivity index (χ1) is 15.2. The van der Waals surface area contributed by atoms with Gasteiger partial charge in [-0.3, -0.25) is 14.5 Å². The SMILES string of the molecule is COc1cncc(-c2ccc(C(=O)NC(C)(C)c3csc(NS(=O)(=O)C4C=C4)n3)cc2)n1. The lowest BCUT2D eigenvalue weighted by Crippen LogP contribution is -2.41. The van der Waals surface area contributed by atoms with Crippen LogP contribution in [-0.2, 0) is 15.6 Å². The number of nitrogens with zero attached hydrogens (tertiary/aromatic N) is 3. The Morgan fingerprint density at radius 1 is 1.12 bits per heavy atom. The highest BCUT2D eigenvalue weighted by atomic mass is 32.2. The van der Waals surface area contributed by atoms with Crippen molar-refractivity contribution in [2.75, 3.05) is 11.8 Å². The molecule has 2 aromatic heterocycles. The molecule has 0 atom stereocenters. The number of carbonyl (C=O) groups excluding carboxylic acids is 1. The Morgan fingerprint density at radius 3 is 2.50 bits per heavy atom. The molecule has 4 rings (SSSR count). The van der Waals surface area contributed by atoms with E-state index in [4.69, 9.17) is 4.74 Å². The van der Waals surface area contributed by atoms with E-state index in [1.807, 2.05) is 0 Å². The van der Waals surface area contributed by atoms with E-state index in [-0.39, 0.29) is 11.0 Å². The molecule has 1 aliphatic carbocycles. The number of amides is 1. The Bertz CT molecular complexity index is 1280. The van der Waals surface area contributed by atoms with Crippen molar-refractivity contribution < 1.29 is 17.9 Å². The van der Waals surface area contributed by atoms with Crippen molar-refractivity contribution in [1.29, 1.82) is 0 Å². The highest BCUT2D eigenvalue weighted by molar-refractivity contribution is 7.94. The van der Waals surface area contributed by atoms with Gasteiger partial charge in [0.15, 0.2) is 5.13 Å². The summed E-state index contributed by atoms with van der Waals surface area (Å²) in [7, 11) is -1.97. The van der Waals surface area contributed by atoms with Crippen LogP contribution in [0.5, 0.6) is 5.88 Å². The third-order valence-corrected chi connectivity index (χ3v) is 7.17. The Balaban J connectivity index is 1.44. The molecule has 32 heavy (non-hydrogen) atoms. The summed E-state index contributed by atoms with van der Waals surface area (Å²) in [6, 6.07) is 6.97. The fourth-order valence-corrected chi connectivity index (χ4v) is 5.04. The monoisotopic (exact) mass is 471 g/mol. The van der Waals surface area contributed by atoms with Crippen LogP contribution in [0, 0.1) is 0 Å². The fourth-order valence-electron chi connectivity index (χ4n) is 2.85. The number of ether oxygens (including phenoxy) is 1. The number of sulfonamides is 1. The van der Waals surface area contributed by atoms with Gasteiger partial charge in [0.25, 0.3) is 5.91 Å². The van der Waals surface area contributed by atoms with Gasteiger partial charge < -0.3 is 10.1 Å². The number of thiazole rings is 1. The molecule has 3 aromatic rings. The first-order valence-corrected chi connectivity index (χ1v) is 12.1. The van der Waals surface area contributed by atoms with Crippen molar-refractivity contribution in [2.24, 2.45) is 0 Å². The third kappa shape index (κ3) is 4.78. The van der Waals surface area contributed by atoms with Crippen LogP contribution in [0.4, 0.5) is 5.13 Å². The van der Waals surface area contributed by atoms with Crippen LogP contribution in [0.15, 0.2) is 54.2 Å². The fraction of sp³-hybridized carbons (Fsp3) is 0.238. The van der Waals surface area contributed by atoms with E-state index >= 15 is 0 Å². The molecule has 1 aliphatic rings. The van der Waals surface area contributed by atoms with Crippen LogP contribution < -0.4 is 14.8 Å². The van der Waals surface area contributed by atoms with Gasteiger partial charge in [-0.2, -0.15) is 0 Å². The molecule has 1 aromatic carbocycles. The Kier molecular flexibility index (Phi) is 5.70. The van der Waals surface area contributed by atoms with E-state index < -0.39 is 20.8 Å². The maximum Gasteiger partial charge on any atom is 0.252 e. The van der Waals surface area contributed by atoms with E-state index in [2.05, 4.69) is 25.0 Å². The maximum atomic E-state index is 12.8. The van der Waals surface area contributed by atoms with E-state index in [1.54, 1.807) is 61.8 Å². The predicted molar refractivity (Wildman–Crippen MR) is 122 cm³/mol. The standard InChI is InChI=1S/C21H21N5O4S2/c1-21(2,17-12-31-20(24-17)26-32(28,29)15-8-9-15)25-19(27)14-6-4-13(5-7-14)16-10-22-11-18(23-16)30-3/h4-12,15H,1-3H3,(H,24,26)(H,25,27). The molecule has 1 amide bonds. The highest BCUT2D eigenvalue weighted by Crippen LogP contribution is 2.28. The number of rotatable bonds is 8. The molecular formula is C21H21N5O4S2. The highest BCUT2D eigenvalue weighted by Gasteiger charge is 2.31. The van der Waals surface area contributed by atoms with E-state index in [0.717, 1.165) is 5.56 Å². The lowest BCUT2D eigenvalue weighted by molar-refractivity contribution is 0.0910. The van der Waals surface area contributed by atoms with Crippen molar-refractivity contribution in [3.8, 4) is 17.1 Å². The molecule has 0 spiro atoms. The topological polar surface area (TPSA) is 123 Å². The summed E-state index contributed by atoms with van der Waals surface area (Å²) in [5, 5.41) is 4.36. The minimum absolute atomic E-state index is 0.264. The quantitative estimate of drug-likeness (QED) is 0.484. The normalized spacial score (nSPS) is 13.6. The summed E-state index contributed by atoms with van der Waals surface area (Å²) in [6.07, 6.45) is 6.32. The molecule has 0 saturated heterocycles. The summed E-state index contributed by atoms with van der Waals surface area (Å²) < 4.78 is 31.7. The zero-order valence-electron chi connectivity index (χ0n) is 17.6. The zero-order chi connectivity index (χ0) is 22.9. The molecule has 166 valence electrons. The zero-order valence-corrected chi connectivity index (χ0v) is 19.2. The van der Waals surface area contributed by atoms with Gasteiger partial charge in [0, 0.05) is 16.5 Å². The van der Waals surface area contributed by atoms with Crippen LogP contribution in [0.1, 0.15) is 29.9 Å². The Hall–Kier alpha value is -3.31. The van der Waals surface area contributed by atoms with Crippen molar-refractivity contribution >= 4 is 32.4 Å². The number of hydrogen-bond acceptors (Lipinski definition) is 8. The van der Waals surface area contributed by atoms with Crippen LogP contribution in [0.3, 0.4) is 0 Å². The summed E-state index contributed by atoms with van der Waals surface area (Å²) in [4.78, 5) is 25.6. The molecule has 0 saturated carbocycles. The second-order valence-electron chi connectivity index (χ2n) is 7.64. The Morgan fingerprint density at radius 2 is 1.84 bits per heavy atom. The minimum atomic E-state index is -3.49. The average molecular weight is 472 g/mol. The number of hydrogen-bond donors (Lipinski definition) is 2. The minimum Gasteiger partial charge on any atom is -0.480 e.